The number of ketones is 1. The maximum atomic E-state index is 14.5. The molecule has 0 aromatic heterocycles. The number of hydrogen-bond acceptors (Lipinski definition) is 5. The van der Waals surface area contributed by atoms with E-state index in [4.69, 9.17) is 4.74 Å². The molecule has 4 aromatic carbocycles. The average molecular weight is 530 g/mol. The van der Waals surface area contributed by atoms with Gasteiger partial charge in [0, 0.05) is 30.1 Å². The summed E-state index contributed by atoms with van der Waals surface area (Å²) in [5.74, 6) is 1.09. The fourth-order valence-electron chi connectivity index (χ4n) is 8.69. The van der Waals surface area contributed by atoms with Crippen molar-refractivity contribution in [2.45, 2.75) is 55.3 Å². The van der Waals surface area contributed by atoms with Crippen LogP contribution in [0, 0.1) is 5.92 Å². The smallest absolute Gasteiger partial charge is 0.200 e. The number of phenols is 1. The molecule has 2 saturated carbocycles. The van der Waals surface area contributed by atoms with Crippen LogP contribution in [0.5, 0.6) is 11.5 Å². The van der Waals surface area contributed by atoms with Gasteiger partial charge >= 0.3 is 0 Å². The Morgan fingerprint density at radius 3 is 2.45 bits per heavy atom. The molecule has 5 heteroatoms. The van der Waals surface area contributed by atoms with Crippen molar-refractivity contribution in [2.24, 2.45) is 5.92 Å². The average Bonchev–Trinajstić information content (AvgIpc) is 3.70. The molecule has 200 valence electrons. The third-order valence-electron chi connectivity index (χ3n) is 10.7. The number of aliphatic hydroxyl groups is 1. The molecule has 2 N–H and O–H groups in total. The molecule has 2 aliphatic heterocycles. The highest BCUT2D eigenvalue weighted by Crippen LogP contribution is 2.65. The maximum absolute atomic E-state index is 14.5. The lowest BCUT2D eigenvalue weighted by molar-refractivity contribution is -0.179. The lowest BCUT2D eigenvalue weighted by atomic mass is 9.48. The number of phenolic OH excluding ortho intramolecular Hbond substituents is 1. The molecule has 1 spiro atoms. The molecule has 2 heterocycles. The van der Waals surface area contributed by atoms with Gasteiger partial charge in [0.05, 0.1) is 11.0 Å². The van der Waals surface area contributed by atoms with Crippen LogP contribution in [0.3, 0.4) is 0 Å². The fraction of sp³-hybridized carbons (Fsp3) is 0.343. The van der Waals surface area contributed by atoms with Crippen molar-refractivity contribution in [3.63, 3.8) is 0 Å². The number of ether oxygens (including phenoxy) is 1. The Labute approximate surface area is 232 Å². The molecule has 4 aromatic rings. The summed E-state index contributed by atoms with van der Waals surface area (Å²) in [6.07, 6.45) is 5.32. The van der Waals surface area contributed by atoms with Gasteiger partial charge in [-0.2, -0.15) is 0 Å². The normalized spacial score (nSPS) is 31.5. The SMILES string of the molecule is O=C1/C(=C\c2c3ccccc3cc3ccccc23)C[C@@]2(O)[C@H]3Cc4ccc(O)c5c4[C@@]2(CCN3CC2CC2)[C@H]1O5. The van der Waals surface area contributed by atoms with Gasteiger partial charge in [-0.15, -0.1) is 0 Å². The predicted molar refractivity (Wildman–Crippen MR) is 155 cm³/mol. The van der Waals surface area contributed by atoms with Crippen LogP contribution in [0.2, 0.25) is 0 Å². The number of aromatic hydroxyl groups is 1. The Bertz CT molecular complexity index is 1750. The summed E-state index contributed by atoms with van der Waals surface area (Å²) >= 11 is 0. The van der Waals surface area contributed by atoms with Crippen molar-refractivity contribution in [3.05, 3.63) is 89.0 Å². The van der Waals surface area contributed by atoms with Gasteiger partial charge < -0.3 is 14.9 Å². The predicted octanol–water partition coefficient (Wildman–Crippen LogP) is 5.53. The summed E-state index contributed by atoms with van der Waals surface area (Å²) in [5.41, 5.74) is 1.59. The largest absolute Gasteiger partial charge is 0.504 e. The van der Waals surface area contributed by atoms with E-state index >= 15 is 0 Å². The van der Waals surface area contributed by atoms with Crippen molar-refractivity contribution in [2.75, 3.05) is 13.1 Å². The first-order chi connectivity index (χ1) is 19.5. The van der Waals surface area contributed by atoms with Gasteiger partial charge in [0.2, 0.25) is 0 Å². The summed E-state index contributed by atoms with van der Waals surface area (Å²) in [6, 6.07) is 22.3. The summed E-state index contributed by atoms with van der Waals surface area (Å²) in [5, 5.41) is 28.3. The zero-order valence-corrected chi connectivity index (χ0v) is 22.3. The molecule has 40 heavy (non-hydrogen) atoms. The van der Waals surface area contributed by atoms with Crippen LogP contribution in [-0.2, 0) is 16.6 Å². The second-order valence-electron chi connectivity index (χ2n) is 12.7. The minimum atomic E-state index is -1.17. The molecule has 0 amide bonds. The van der Waals surface area contributed by atoms with Gasteiger partial charge in [-0.05, 0) is 89.0 Å². The standard InChI is InChI=1S/C35H31NO4/c37-28-12-11-23-17-29-35(39)18-24(16-27-25-7-3-1-5-21(25)15-22-6-2-4-8-26(22)27)31(38)33-34(35,30(23)32(28)40-33)13-14-36(29)19-20-9-10-20/h1-8,11-12,15-16,20,29,33,37,39H,9-10,13-14,17-19H2/b24-16-/t29-,33+,34+,35-/m1/s1. The van der Waals surface area contributed by atoms with Crippen LogP contribution in [0.1, 0.15) is 42.4 Å². The fourth-order valence-corrected chi connectivity index (χ4v) is 8.69. The molecule has 3 fully saturated rings. The Balaban J connectivity index is 1.27. The Kier molecular flexibility index (Phi) is 4.47. The molecule has 2 bridgehead atoms. The lowest BCUT2D eigenvalue weighted by Gasteiger charge is -2.62. The van der Waals surface area contributed by atoms with E-state index in [1.807, 2.05) is 36.4 Å². The van der Waals surface area contributed by atoms with Crippen molar-refractivity contribution >= 4 is 33.4 Å². The number of nitrogens with zero attached hydrogens (tertiary/aromatic N) is 1. The number of carbonyl (C=O) groups excluding carboxylic acids is 1. The third-order valence-corrected chi connectivity index (χ3v) is 10.7. The van der Waals surface area contributed by atoms with Gasteiger partial charge in [0.15, 0.2) is 23.4 Å². The third kappa shape index (κ3) is 2.82. The van der Waals surface area contributed by atoms with Crippen molar-refractivity contribution in [3.8, 4) is 11.5 Å². The van der Waals surface area contributed by atoms with Gasteiger partial charge in [-0.3, -0.25) is 9.69 Å². The van der Waals surface area contributed by atoms with Gasteiger partial charge in [-0.25, -0.2) is 0 Å². The Morgan fingerprint density at radius 1 is 1.00 bits per heavy atom. The molecular formula is C35H31NO4. The van der Waals surface area contributed by atoms with Crippen LogP contribution >= 0.6 is 0 Å². The summed E-state index contributed by atoms with van der Waals surface area (Å²) < 4.78 is 6.44. The molecule has 1 saturated heterocycles. The number of piperidine rings is 1. The van der Waals surface area contributed by atoms with E-state index in [0.29, 0.717) is 30.1 Å². The molecular weight excluding hydrogens is 498 g/mol. The highest BCUT2D eigenvalue weighted by molar-refractivity contribution is 6.12. The van der Waals surface area contributed by atoms with Crippen LogP contribution in [0.4, 0.5) is 0 Å². The second kappa shape index (κ2) is 7.74. The van der Waals surface area contributed by atoms with E-state index < -0.39 is 17.1 Å². The van der Waals surface area contributed by atoms with E-state index in [9.17, 15) is 15.0 Å². The minimum Gasteiger partial charge on any atom is -0.504 e. The van der Waals surface area contributed by atoms with E-state index in [0.717, 1.165) is 51.3 Å². The number of likely N-dealkylation sites (tertiary alicyclic amines) is 1. The molecule has 5 nitrogen and oxygen atoms in total. The van der Waals surface area contributed by atoms with E-state index in [1.165, 1.54) is 12.8 Å². The number of rotatable bonds is 3. The summed E-state index contributed by atoms with van der Waals surface area (Å²) in [4.78, 5) is 16.9. The topological polar surface area (TPSA) is 70.0 Å². The highest BCUT2D eigenvalue weighted by Gasteiger charge is 2.74. The zero-order chi connectivity index (χ0) is 26.8. The lowest BCUT2D eigenvalue weighted by Crippen LogP contribution is -2.77. The van der Waals surface area contributed by atoms with Crippen molar-refractivity contribution in [1.82, 2.24) is 4.90 Å². The van der Waals surface area contributed by atoms with Gasteiger partial charge in [-0.1, -0.05) is 54.6 Å². The molecule has 0 unspecified atom stereocenters. The summed E-state index contributed by atoms with van der Waals surface area (Å²) in [6.45, 7) is 1.83. The summed E-state index contributed by atoms with van der Waals surface area (Å²) in [7, 11) is 0. The van der Waals surface area contributed by atoms with Crippen LogP contribution in [0.25, 0.3) is 27.6 Å². The molecule has 4 atom stereocenters. The Morgan fingerprint density at radius 2 is 1.73 bits per heavy atom. The van der Waals surface area contributed by atoms with Gasteiger partial charge in [0.1, 0.15) is 0 Å². The van der Waals surface area contributed by atoms with Gasteiger partial charge in [0.25, 0.3) is 0 Å². The van der Waals surface area contributed by atoms with Crippen LogP contribution in [0.15, 0.2) is 72.3 Å². The zero-order valence-electron chi connectivity index (χ0n) is 22.3. The maximum Gasteiger partial charge on any atom is 0.200 e. The second-order valence-corrected chi connectivity index (χ2v) is 12.7. The van der Waals surface area contributed by atoms with Crippen molar-refractivity contribution < 1.29 is 19.7 Å². The number of carbonyl (C=O) groups is 1. The van der Waals surface area contributed by atoms with E-state index in [1.54, 1.807) is 6.07 Å². The van der Waals surface area contributed by atoms with Crippen molar-refractivity contribution in [1.29, 1.82) is 0 Å². The first-order valence-electron chi connectivity index (χ1n) is 14.6. The first-order valence-corrected chi connectivity index (χ1v) is 14.6. The number of hydrogen-bond donors (Lipinski definition) is 2. The van der Waals surface area contributed by atoms with Crippen LogP contribution < -0.4 is 4.74 Å². The number of Topliss-reactive ketones (excluding diaryl/α,β-unsaturated/α-hetero) is 1. The minimum absolute atomic E-state index is 0.0575. The first kappa shape index (κ1) is 23.1. The molecule has 5 aliphatic rings. The van der Waals surface area contributed by atoms with E-state index in [-0.39, 0.29) is 24.0 Å². The number of fused-ring (bicyclic) bond motifs is 2. The Hall–Kier alpha value is -3.67. The number of benzene rings is 4. The molecule has 9 rings (SSSR count). The quantitative estimate of drug-likeness (QED) is 0.270. The van der Waals surface area contributed by atoms with Crippen LogP contribution in [-0.4, -0.2) is 51.7 Å². The highest BCUT2D eigenvalue weighted by atomic mass is 16.5. The molecule has 3 aliphatic carbocycles. The monoisotopic (exact) mass is 529 g/mol. The molecule has 0 radical (unpaired) electrons. The van der Waals surface area contributed by atoms with E-state index in [2.05, 4.69) is 35.2 Å².